The van der Waals surface area contributed by atoms with Crippen molar-refractivity contribution < 1.29 is 9.21 Å². The molecule has 0 atom stereocenters. The Morgan fingerprint density at radius 2 is 2.04 bits per heavy atom. The lowest BCUT2D eigenvalue weighted by atomic mass is 10.2. The van der Waals surface area contributed by atoms with E-state index in [9.17, 15) is 4.79 Å². The number of nitrogens with one attached hydrogen (secondary N) is 1. The molecule has 0 bridgehead atoms. The second-order valence-corrected chi connectivity index (χ2v) is 6.42. The van der Waals surface area contributed by atoms with Crippen LogP contribution >= 0.6 is 11.8 Å². The zero-order valence-electron chi connectivity index (χ0n) is 14.0. The Bertz CT molecular complexity index is 800. The molecule has 1 aromatic carbocycles. The van der Waals surface area contributed by atoms with Crippen LogP contribution in [0.4, 0.5) is 0 Å². The normalized spacial score (nSPS) is 10.8. The van der Waals surface area contributed by atoms with Crippen molar-refractivity contribution in [3.63, 3.8) is 0 Å². The molecule has 0 saturated heterocycles. The Labute approximate surface area is 150 Å². The van der Waals surface area contributed by atoms with E-state index >= 15 is 0 Å². The Balaban J connectivity index is 1.82. The summed E-state index contributed by atoms with van der Waals surface area (Å²) in [6.07, 6.45) is 2.57. The van der Waals surface area contributed by atoms with Crippen molar-refractivity contribution in [2.24, 2.45) is 0 Å². The molecule has 0 unspecified atom stereocenters. The summed E-state index contributed by atoms with van der Waals surface area (Å²) in [5.74, 6) is 1.88. The number of hydrogen-bond donors (Lipinski definition) is 1. The predicted molar refractivity (Wildman–Crippen MR) is 97.3 cm³/mol. The minimum absolute atomic E-state index is 0.000611. The molecule has 0 saturated carbocycles. The van der Waals surface area contributed by atoms with Crippen LogP contribution in [0.15, 0.2) is 58.3 Å². The van der Waals surface area contributed by atoms with Crippen LogP contribution in [-0.4, -0.2) is 33.0 Å². The van der Waals surface area contributed by atoms with E-state index < -0.39 is 0 Å². The van der Waals surface area contributed by atoms with E-state index in [4.69, 9.17) is 4.42 Å². The maximum Gasteiger partial charge on any atom is 0.230 e. The van der Waals surface area contributed by atoms with Crippen molar-refractivity contribution in [1.82, 2.24) is 20.1 Å². The molecule has 2 aromatic heterocycles. The lowest BCUT2D eigenvalue weighted by Crippen LogP contribution is -2.25. The summed E-state index contributed by atoms with van der Waals surface area (Å²) >= 11 is 1.38. The highest BCUT2D eigenvalue weighted by Crippen LogP contribution is 2.25. The second kappa shape index (κ2) is 8.53. The third-order valence-corrected chi connectivity index (χ3v) is 4.51. The third kappa shape index (κ3) is 4.51. The zero-order valence-corrected chi connectivity index (χ0v) is 14.8. The van der Waals surface area contributed by atoms with Crippen LogP contribution in [0.1, 0.15) is 19.1 Å². The molecule has 0 fully saturated rings. The summed E-state index contributed by atoms with van der Waals surface area (Å²) in [5, 5.41) is 12.2. The Morgan fingerprint density at radius 1 is 1.20 bits per heavy atom. The van der Waals surface area contributed by atoms with E-state index in [-0.39, 0.29) is 5.91 Å². The molecule has 1 amide bonds. The standard InChI is InChI=1S/C18H20N4O2S/c1-2-10-19-16(23)13-25-18-21-20-17(14-7-4-3-5-8-14)22(18)12-15-9-6-11-24-15/h3-9,11H,2,10,12-13H2,1H3,(H,19,23). The first-order valence-electron chi connectivity index (χ1n) is 8.18. The quantitative estimate of drug-likeness (QED) is 0.628. The number of aromatic nitrogens is 3. The highest BCUT2D eigenvalue weighted by Gasteiger charge is 2.16. The van der Waals surface area contributed by atoms with Gasteiger partial charge in [-0.2, -0.15) is 0 Å². The summed E-state index contributed by atoms with van der Waals surface area (Å²) in [6.45, 7) is 3.23. The summed E-state index contributed by atoms with van der Waals surface area (Å²) in [7, 11) is 0. The van der Waals surface area contributed by atoms with Gasteiger partial charge in [0.05, 0.1) is 18.6 Å². The van der Waals surface area contributed by atoms with E-state index in [1.54, 1.807) is 6.26 Å². The number of thioether (sulfide) groups is 1. The Morgan fingerprint density at radius 3 is 2.76 bits per heavy atom. The summed E-state index contributed by atoms with van der Waals surface area (Å²) in [4.78, 5) is 11.9. The first kappa shape index (κ1) is 17.3. The summed E-state index contributed by atoms with van der Waals surface area (Å²) in [6, 6.07) is 13.6. The molecule has 2 heterocycles. The van der Waals surface area contributed by atoms with Crippen LogP contribution in [0.2, 0.25) is 0 Å². The van der Waals surface area contributed by atoms with Crippen molar-refractivity contribution in [3.8, 4) is 11.4 Å². The van der Waals surface area contributed by atoms with Gasteiger partial charge in [-0.05, 0) is 18.6 Å². The molecule has 0 aliphatic heterocycles. The SMILES string of the molecule is CCCNC(=O)CSc1nnc(-c2ccccc2)n1Cc1ccco1. The minimum Gasteiger partial charge on any atom is -0.467 e. The van der Waals surface area contributed by atoms with E-state index in [1.165, 1.54) is 11.8 Å². The highest BCUT2D eigenvalue weighted by molar-refractivity contribution is 7.99. The molecular formula is C18H20N4O2S. The van der Waals surface area contributed by atoms with E-state index in [0.717, 1.165) is 23.6 Å². The van der Waals surface area contributed by atoms with Gasteiger partial charge in [0.1, 0.15) is 5.76 Å². The molecule has 1 N–H and O–H groups in total. The van der Waals surface area contributed by atoms with Crippen LogP contribution in [0, 0.1) is 0 Å². The van der Waals surface area contributed by atoms with E-state index in [0.29, 0.717) is 24.0 Å². The van der Waals surface area contributed by atoms with Gasteiger partial charge in [-0.15, -0.1) is 10.2 Å². The lowest BCUT2D eigenvalue weighted by Gasteiger charge is -2.09. The van der Waals surface area contributed by atoms with E-state index in [2.05, 4.69) is 15.5 Å². The predicted octanol–water partition coefficient (Wildman–Crippen LogP) is 3.20. The number of rotatable bonds is 8. The van der Waals surface area contributed by atoms with Crippen LogP contribution in [0.25, 0.3) is 11.4 Å². The fraction of sp³-hybridized carbons (Fsp3) is 0.278. The molecule has 3 aromatic rings. The van der Waals surface area contributed by atoms with Crippen LogP contribution < -0.4 is 5.32 Å². The average molecular weight is 356 g/mol. The van der Waals surface area contributed by atoms with Crippen molar-refractivity contribution in [2.75, 3.05) is 12.3 Å². The van der Waals surface area contributed by atoms with Gasteiger partial charge >= 0.3 is 0 Å². The van der Waals surface area contributed by atoms with Gasteiger partial charge in [-0.3, -0.25) is 9.36 Å². The zero-order chi connectivity index (χ0) is 17.5. The topological polar surface area (TPSA) is 73.0 Å². The Kier molecular flexibility index (Phi) is 5.90. The minimum atomic E-state index is 0.000611. The highest BCUT2D eigenvalue weighted by atomic mass is 32.2. The fourth-order valence-electron chi connectivity index (χ4n) is 2.34. The number of carbonyl (C=O) groups excluding carboxylic acids is 1. The summed E-state index contributed by atoms with van der Waals surface area (Å²) < 4.78 is 7.44. The summed E-state index contributed by atoms with van der Waals surface area (Å²) in [5.41, 5.74) is 0.976. The Hall–Kier alpha value is -2.54. The third-order valence-electron chi connectivity index (χ3n) is 3.55. The number of furan rings is 1. The molecule has 0 radical (unpaired) electrons. The van der Waals surface area contributed by atoms with Crippen molar-refractivity contribution in [1.29, 1.82) is 0 Å². The molecule has 130 valence electrons. The molecule has 25 heavy (non-hydrogen) atoms. The smallest absolute Gasteiger partial charge is 0.230 e. The number of nitrogens with zero attached hydrogens (tertiary/aromatic N) is 3. The van der Waals surface area contributed by atoms with Gasteiger partial charge in [-0.25, -0.2) is 0 Å². The monoisotopic (exact) mass is 356 g/mol. The van der Waals surface area contributed by atoms with Crippen LogP contribution in [0.3, 0.4) is 0 Å². The largest absolute Gasteiger partial charge is 0.467 e. The molecule has 0 spiro atoms. The maximum absolute atomic E-state index is 11.9. The van der Waals surface area contributed by atoms with Gasteiger partial charge in [-0.1, -0.05) is 49.0 Å². The fourth-order valence-corrected chi connectivity index (χ4v) is 3.11. The molecule has 3 rings (SSSR count). The van der Waals surface area contributed by atoms with Crippen molar-refractivity contribution in [2.45, 2.75) is 25.0 Å². The number of carbonyl (C=O) groups is 1. The molecule has 0 aliphatic rings. The van der Waals surface area contributed by atoms with Crippen LogP contribution in [0.5, 0.6) is 0 Å². The lowest BCUT2D eigenvalue weighted by molar-refractivity contribution is -0.118. The average Bonchev–Trinajstić information content (AvgIpc) is 3.29. The number of amides is 1. The number of benzene rings is 1. The van der Waals surface area contributed by atoms with Gasteiger partial charge in [0.25, 0.3) is 0 Å². The maximum atomic E-state index is 11.9. The van der Waals surface area contributed by atoms with Gasteiger partial charge < -0.3 is 9.73 Å². The van der Waals surface area contributed by atoms with Gasteiger partial charge in [0.2, 0.25) is 5.91 Å². The molecular weight excluding hydrogens is 336 g/mol. The van der Waals surface area contributed by atoms with Crippen molar-refractivity contribution >= 4 is 17.7 Å². The number of hydrogen-bond acceptors (Lipinski definition) is 5. The van der Waals surface area contributed by atoms with Crippen LogP contribution in [-0.2, 0) is 11.3 Å². The first-order valence-corrected chi connectivity index (χ1v) is 9.17. The first-order chi connectivity index (χ1) is 12.3. The molecule has 6 nitrogen and oxygen atoms in total. The van der Waals surface area contributed by atoms with Crippen molar-refractivity contribution in [3.05, 3.63) is 54.5 Å². The van der Waals surface area contributed by atoms with E-state index in [1.807, 2.05) is 54.0 Å². The molecule has 0 aliphatic carbocycles. The molecule has 7 heteroatoms. The second-order valence-electron chi connectivity index (χ2n) is 5.48. The van der Waals surface area contributed by atoms with Gasteiger partial charge in [0.15, 0.2) is 11.0 Å². The van der Waals surface area contributed by atoms with Gasteiger partial charge in [0, 0.05) is 12.1 Å².